The van der Waals surface area contributed by atoms with Crippen LogP contribution < -0.4 is 10.5 Å². The number of hydrogen-bond acceptors (Lipinski definition) is 4. The predicted molar refractivity (Wildman–Crippen MR) is 76.9 cm³/mol. The molecule has 5 nitrogen and oxygen atoms in total. The van der Waals surface area contributed by atoms with Crippen LogP contribution in [-0.4, -0.2) is 20.5 Å². The second-order valence-corrected chi connectivity index (χ2v) is 6.69. The van der Waals surface area contributed by atoms with Gasteiger partial charge in [-0.1, -0.05) is 0 Å². The Morgan fingerprint density at radius 1 is 1.32 bits per heavy atom. The second kappa shape index (κ2) is 6.83. The molecule has 0 aromatic heterocycles. The molecule has 0 saturated carbocycles. The van der Waals surface area contributed by atoms with Crippen LogP contribution in [0.3, 0.4) is 0 Å². The molecule has 0 unspecified atom stereocenters. The van der Waals surface area contributed by atoms with Crippen molar-refractivity contribution in [2.45, 2.75) is 30.5 Å². The smallest absolute Gasteiger partial charge is 0.329 e. The minimum atomic E-state index is -4.72. The lowest BCUT2D eigenvalue weighted by Crippen LogP contribution is -2.48. The average molecular weight is 358 g/mol. The number of sulfonamides is 1. The van der Waals surface area contributed by atoms with Gasteiger partial charge >= 0.3 is 6.18 Å². The van der Waals surface area contributed by atoms with E-state index in [4.69, 9.17) is 11.0 Å². The number of benzene rings is 1. The van der Waals surface area contributed by atoms with Gasteiger partial charge in [0.2, 0.25) is 10.0 Å². The monoisotopic (exact) mass is 357 g/mol. The highest BCUT2D eigenvalue weighted by molar-refractivity contribution is 7.89. The van der Waals surface area contributed by atoms with Crippen LogP contribution in [0.1, 0.15) is 25.0 Å². The fourth-order valence-electron chi connectivity index (χ4n) is 1.49. The first-order valence-corrected chi connectivity index (χ1v) is 7.27. The maximum absolute atomic E-state index is 12.7. The van der Waals surface area contributed by atoms with Crippen LogP contribution in [0.2, 0.25) is 0 Å². The van der Waals surface area contributed by atoms with Gasteiger partial charge in [-0.3, -0.25) is 0 Å². The number of halogens is 4. The largest absolute Gasteiger partial charge is 0.417 e. The van der Waals surface area contributed by atoms with E-state index in [-0.39, 0.29) is 19.0 Å². The molecule has 0 aliphatic heterocycles. The topological polar surface area (TPSA) is 96.0 Å². The van der Waals surface area contributed by atoms with E-state index < -0.39 is 37.8 Å². The summed E-state index contributed by atoms with van der Waals surface area (Å²) in [5.41, 5.74) is 2.50. The molecule has 0 fully saturated rings. The molecule has 1 rings (SSSR count). The Hall–Kier alpha value is -1.34. The van der Waals surface area contributed by atoms with Crippen LogP contribution in [0.15, 0.2) is 23.1 Å². The summed E-state index contributed by atoms with van der Waals surface area (Å²) in [6, 6.07) is 3.42. The lowest BCUT2D eigenvalue weighted by atomic mass is 10.1. The van der Waals surface area contributed by atoms with E-state index in [1.807, 2.05) is 0 Å². The third-order valence-corrected chi connectivity index (χ3v) is 4.34. The summed E-state index contributed by atoms with van der Waals surface area (Å²) in [6.07, 6.45) is -4.72. The van der Waals surface area contributed by atoms with E-state index in [9.17, 15) is 21.6 Å². The van der Waals surface area contributed by atoms with E-state index in [0.29, 0.717) is 12.1 Å². The van der Waals surface area contributed by atoms with Crippen molar-refractivity contribution in [1.29, 1.82) is 5.26 Å². The summed E-state index contributed by atoms with van der Waals surface area (Å²) in [7, 11) is -4.07. The Bertz CT molecular complexity index is 682. The minimum absolute atomic E-state index is 0. The summed E-state index contributed by atoms with van der Waals surface area (Å²) in [5.74, 6) is 0. The summed E-state index contributed by atoms with van der Waals surface area (Å²) < 4.78 is 64.4. The Kier molecular flexibility index (Phi) is 6.41. The van der Waals surface area contributed by atoms with Crippen molar-refractivity contribution in [2.75, 3.05) is 6.54 Å². The first kappa shape index (κ1) is 20.7. The Morgan fingerprint density at radius 2 is 1.86 bits per heavy atom. The van der Waals surface area contributed by atoms with E-state index in [2.05, 4.69) is 4.72 Å². The number of rotatable bonds is 4. The Balaban J connectivity index is 0.00000441. The normalized spacial score (nSPS) is 12.4. The molecule has 1 aromatic carbocycles. The molecule has 0 atom stereocenters. The van der Waals surface area contributed by atoms with Crippen molar-refractivity contribution < 1.29 is 21.6 Å². The fraction of sp³-hybridized carbons (Fsp3) is 0.417. The molecule has 124 valence electrons. The van der Waals surface area contributed by atoms with E-state index >= 15 is 0 Å². The first-order chi connectivity index (χ1) is 9.43. The Morgan fingerprint density at radius 3 is 2.27 bits per heavy atom. The maximum Gasteiger partial charge on any atom is 0.417 e. The number of nitrogens with zero attached hydrogens (tertiary/aromatic N) is 1. The lowest BCUT2D eigenvalue weighted by Gasteiger charge is -2.24. The number of alkyl halides is 3. The summed E-state index contributed by atoms with van der Waals surface area (Å²) in [4.78, 5) is -0.423. The highest BCUT2D eigenvalue weighted by atomic mass is 35.5. The van der Waals surface area contributed by atoms with Gasteiger partial charge < -0.3 is 5.73 Å². The highest BCUT2D eigenvalue weighted by Crippen LogP contribution is 2.32. The molecule has 3 N–H and O–H groups in total. The molecule has 0 radical (unpaired) electrons. The standard InChI is InChI=1S/C12H14F3N3O2S.ClH/c1-11(2,7-17)18-21(19,20)9-3-4-10(12(13,14)15)8(5-9)6-16;/h3-5,18H,7,17H2,1-2H3;1H. The van der Waals surface area contributed by atoms with Crippen molar-refractivity contribution in [3.63, 3.8) is 0 Å². The highest BCUT2D eigenvalue weighted by Gasteiger charge is 2.34. The fourth-order valence-corrected chi connectivity index (χ4v) is 2.94. The molecule has 0 heterocycles. The molecule has 0 aliphatic rings. The van der Waals surface area contributed by atoms with Gasteiger partial charge in [0.15, 0.2) is 0 Å². The van der Waals surface area contributed by atoms with Gasteiger partial charge in [-0.2, -0.15) is 18.4 Å². The third-order valence-electron chi connectivity index (χ3n) is 2.65. The van der Waals surface area contributed by atoms with Crippen molar-refractivity contribution in [3.05, 3.63) is 29.3 Å². The molecule has 0 aliphatic carbocycles. The summed E-state index contributed by atoms with van der Waals surface area (Å²) in [6.45, 7) is 3.05. The van der Waals surface area contributed by atoms with Gasteiger partial charge in [0, 0.05) is 12.1 Å². The van der Waals surface area contributed by atoms with Crippen molar-refractivity contribution >= 4 is 22.4 Å². The predicted octanol–water partition coefficient (Wildman–Crippen LogP) is 2.01. The quantitative estimate of drug-likeness (QED) is 0.861. The Labute approximate surface area is 132 Å². The van der Waals surface area contributed by atoms with Crippen LogP contribution in [0.25, 0.3) is 0 Å². The van der Waals surface area contributed by atoms with Crippen LogP contribution in [-0.2, 0) is 16.2 Å². The minimum Gasteiger partial charge on any atom is -0.329 e. The van der Waals surface area contributed by atoms with Gasteiger partial charge in [0.1, 0.15) is 0 Å². The van der Waals surface area contributed by atoms with Gasteiger partial charge in [0.25, 0.3) is 0 Å². The van der Waals surface area contributed by atoms with Crippen molar-refractivity contribution in [1.82, 2.24) is 4.72 Å². The number of nitriles is 1. The first-order valence-electron chi connectivity index (χ1n) is 5.78. The van der Waals surface area contributed by atoms with Crippen LogP contribution in [0, 0.1) is 11.3 Å². The maximum atomic E-state index is 12.7. The zero-order chi connectivity index (χ0) is 16.5. The van der Waals surface area contributed by atoms with Gasteiger partial charge in [0.05, 0.1) is 22.1 Å². The van der Waals surface area contributed by atoms with Crippen LogP contribution in [0.4, 0.5) is 13.2 Å². The molecule has 22 heavy (non-hydrogen) atoms. The van der Waals surface area contributed by atoms with Gasteiger partial charge in [-0.15, -0.1) is 12.4 Å². The van der Waals surface area contributed by atoms with Crippen molar-refractivity contribution in [3.8, 4) is 6.07 Å². The van der Waals surface area contributed by atoms with E-state index in [1.54, 1.807) is 0 Å². The number of hydrogen-bond donors (Lipinski definition) is 2. The van der Waals surface area contributed by atoms with Gasteiger partial charge in [-0.25, -0.2) is 13.1 Å². The van der Waals surface area contributed by atoms with Crippen molar-refractivity contribution in [2.24, 2.45) is 5.73 Å². The third kappa shape index (κ3) is 4.84. The SMILES string of the molecule is CC(C)(CN)NS(=O)(=O)c1ccc(C(F)(F)F)c(C#N)c1.Cl. The molecule has 0 bridgehead atoms. The molecule has 0 spiro atoms. The molecule has 0 saturated heterocycles. The molecular formula is C12H15ClF3N3O2S. The number of nitrogens with one attached hydrogen (secondary N) is 1. The lowest BCUT2D eigenvalue weighted by molar-refractivity contribution is -0.137. The zero-order valence-electron chi connectivity index (χ0n) is 11.7. The molecule has 0 amide bonds. The van der Waals surface area contributed by atoms with E-state index in [1.165, 1.54) is 19.9 Å². The zero-order valence-corrected chi connectivity index (χ0v) is 13.4. The molecule has 10 heteroatoms. The number of nitrogens with two attached hydrogens (primary N) is 1. The molecular weight excluding hydrogens is 343 g/mol. The second-order valence-electron chi connectivity index (χ2n) is 5.01. The van der Waals surface area contributed by atoms with Crippen LogP contribution >= 0.6 is 12.4 Å². The van der Waals surface area contributed by atoms with Crippen LogP contribution in [0.5, 0.6) is 0 Å². The summed E-state index contributed by atoms with van der Waals surface area (Å²) >= 11 is 0. The summed E-state index contributed by atoms with van der Waals surface area (Å²) in [5, 5.41) is 8.77. The molecule has 1 aromatic rings. The average Bonchev–Trinajstić information content (AvgIpc) is 2.35. The van der Waals surface area contributed by atoms with Gasteiger partial charge in [-0.05, 0) is 32.0 Å². The van der Waals surface area contributed by atoms with E-state index in [0.717, 1.165) is 6.07 Å².